The van der Waals surface area contributed by atoms with Gasteiger partial charge in [-0.15, -0.1) is 12.4 Å². The monoisotopic (exact) mass is 363 g/mol. The molecular weight excluding hydrogens is 346 g/mol. The van der Waals surface area contributed by atoms with Crippen LogP contribution in [-0.2, 0) is 6.42 Å². The third-order valence-electron chi connectivity index (χ3n) is 4.75. The normalized spacial score (nSPS) is 14.5. The van der Waals surface area contributed by atoms with Crippen LogP contribution in [0, 0.1) is 6.92 Å². The van der Waals surface area contributed by atoms with E-state index in [4.69, 9.17) is 5.10 Å². The number of nitrogens with zero attached hydrogens (tertiary/aromatic N) is 4. The molecule has 26 heavy (non-hydrogen) atoms. The van der Waals surface area contributed by atoms with Gasteiger partial charge >= 0.3 is 0 Å². The fourth-order valence-corrected chi connectivity index (χ4v) is 3.58. The number of para-hydroxylation sites is 2. The Kier molecular flexibility index (Phi) is 4.09. The summed E-state index contributed by atoms with van der Waals surface area (Å²) in [5.41, 5.74) is 7.73. The highest BCUT2D eigenvalue weighted by Gasteiger charge is 2.27. The molecule has 0 saturated heterocycles. The van der Waals surface area contributed by atoms with Crippen molar-refractivity contribution < 1.29 is 0 Å². The molecule has 1 aromatic carbocycles. The second kappa shape index (κ2) is 6.42. The van der Waals surface area contributed by atoms with Gasteiger partial charge in [0, 0.05) is 18.0 Å². The first kappa shape index (κ1) is 16.5. The highest BCUT2D eigenvalue weighted by Crippen LogP contribution is 2.38. The number of aryl methyl sites for hydroxylation is 1. The number of anilines is 1. The number of allylic oxidation sites excluding steroid dienone is 1. The Morgan fingerprint density at radius 3 is 2.73 bits per heavy atom. The van der Waals surface area contributed by atoms with Gasteiger partial charge in [-0.05, 0) is 49.6 Å². The first-order valence-electron chi connectivity index (χ1n) is 8.45. The van der Waals surface area contributed by atoms with Crippen molar-refractivity contribution in [2.45, 2.75) is 19.8 Å². The van der Waals surface area contributed by atoms with Gasteiger partial charge in [0.2, 0.25) is 0 Å². The van der Waals surface area contributed by atoms with E-state index in [9.17, 15) is 0 Å². The third-order valence-corrected chi connectivity index (χ3v) is 4.75. The highest BCUT2D eigenvalue weighted by molar-refractivity contribution is 6.01. The fraction of sp³-hybridized carbons (Fsp3) is 0.150. The van der Waals surface area contributed by atoms with Gasteiger partial charge in [0.05, 0.1) is 28.5 Å². The largest absolute Gasteiger partial charge is 0.353 e. The van der Waals surface area contributed by atoms with Crippen molar-refractivity contribution in [3.8, 4) is 5.82 Å². The van der Waals surface area contributed by atoms with Gasteiger partial charge in [-0.2, -0.15) is 5.10 Å². The molecule has 3 heterocycles. The molecule has 0 unspecified atom stereocenters. The molecule has 0 fully saturated rings. The molecule has 2 aliphatic rings. The fourth-order valence-electron chi connectivity index (χ4n) is 3.58. The Balaban J connectivity index is 0.00000168. The Bertz CT molecular complexity index is 1030. The van der Waals surface area contributed by atoms with Gasteiger partial charge in [-0.3, -0.25) is 4.99 Å². The number of nitrogens with one attached hydrogen (secondary N) is 1. The molecule has 1 N–H and O–H groups in total. The zero-order chi connectivity index (χ0) is 16.8. The number of aromatic nitrogens is 3. The number of hydrogen-bond donors (Lipinski definition) is 1. The van der Waals surface area contributed by atoms with E-state index in [1.165, 1.54) is 16.8 Å². The summed E-state index contributed by atoms with van der Waals surface area (Å²) in [6, 6.07) is 14.0. The van der Waals surface area contributed by atoms with Gasteiger partial charge in [0.25, 0.3) is 0 Å². The van der Waals surface area contributed by atoms with E-state index in [-0.39, 0.29) is 12.4 Å². The molecule has 5 rings (SSSR count). The molecule has 6 heteroatoms. The van der Waals surface area contributed by atoms with E-state index in [0.29, 0.717) is 0 Å². The van der Waals surface area contributed by atoms with Crippen LogP contribution in [0.4, 0.5) is 11.4 Å². The first-order valence-corrected chi connectivity index (χ1v) is 8.45. The second-order valence-electron chi connectivity index (χ2n) is 6.31. The lowest BCUT2D eigenvalue weighted by atomic mass is 9.93. The molecule has 0 atom stereocenters. The summed E-state index contributed by atoms with van der Waals surface area (Å²) in [6.45, 7) is 2.06. The maximum Gasteiger partial charge on any atom is 0.153 e. The molecule has 0 bridgehead atoms. The summed E-state index contributed by atoms with van der Waals surface area (Å²) < 4.78 is 1.98. The Hall–Kier alpha value is -2.92. The number of hydrogen-bond acceptors (Lipinski definition) is 4. The van der Waals surface area contributed by atoms with Gasteiger partial charge < -0.3 is 5.32 Å². The first-order chi connectivity index (χ1) is 12.3. The molecule has 1 aliphatic heterocycles. The van der Waals surface area contributed by atoms with E-state index in [2.05, 4.69) is 28.3 Å². The summed E-state index contributed by atoms with van der Waals surface area (Å²) >= 11 is 0. The van der Waals surface area contributed by atoms with Crippen LogP contribution in [0.3, 0.4) is 0 Å². The molecule has 3 aromatic rings. The van der Waals surface area contributed by atoms with Crippen LogP contribution >= 0.6 is 12.4 Å². The Morgan fingerprint density at radius 1 is 1.04 bits per heavy atom. The number of benzene rings is 1. The standard InChI is InChI=1S/C20H17N5.ClH/c1-13-19-17(25(24-13)18-8-4-5-11-21-18)10-9-14-12-22-15-6-2-3-7-16(15)23-20(14)19;/h2-8,11-12,23H,9-10H2,1H3;1H. The van der Waals surface area contributed by atoms with E-state index < -0.39 is 0 Å². The lowest BCUT2D eigenvalue weighted by Gasteiger charge is -2.20. The summed E-state index contributed by atoms with van der Waals surface area (Å²) in [5.74, 6) is 0.860. The summed E-state index contributed by atoms with van der Waals surface area (Å²) in [5, 5.41) is 8.38. The quantitative estimate of drug-likeness (QED) is 0.693. The van der Waals surface area contributed by atoms with Crippen LogP contribution in [0.1, 0.15) is 23.4 Å². The molecule has 0 spiro atoms. The summed E-state index contributed by atoms with van der Waals surface area (Å²) in [7, 11) is 0. The number of rotatable bonds is 1. The average molecular weight is 364 g/mol. The zero-order valence-corrected chi connectivity index (χ0v) is 15.1. The highest BCUT2D eigenvalue weighted by atomic mass is 35.5. The predicted octanol–water partition coefficient (Wildman–Crippen LogP) is 4.48. The zero-order valence-electron chi connectivity index (χ0n) is 14.3. The van der Waals surface area contributed by atoms with Gasteiger partial charge in [0.15, 0.2) is 5.82 Å². The van der Waals surface area contributed by atoms with Crippen molar-refractivity contribution in [2.24, 2.45) is 4.99 Å². The molecule has 2 aromatic heterocycles. The minimum Gasteiger partial charge on any atom is -0.353 e. The topological polar surface area (TPSA) is 55.1 Å². The maximum absolute atomic E-state index is 4.78. The number of halogens is 1. The average Bonchev–Trinajstić information content (AvgIpc) is 2.88. The molecule has 130 valence electrons. The van der Waals surface area contributed by atoms with Crippen molar-refractivity contribution >= 4 is 35.7 Å². The van der Waals surface area contributed by atoms with Crippen LogP contribution < -0.4 is 5.32 Å². The van der Waals surface area contributed by atoms with Crippen LogP contribution in [0.5, 0.6) is 0 Å². The number of fused-ring (bicyclic) bond motifs is 3. The van der Waals surface area contributed by atoms with Crippen LogP contribution in [-0.4, -0.2) is 21.0 Å². The number of aliphatic imine (C=N–C) groups is 1. The van der Waals surface area contributed by atoms with Gasteiger partial charge in [-0.25, -0.2) is 9.67 Å². The Labute approximate surface area is 157 Å². The minimum absolute atomic E-state index is 0. The van der Waals surface area contributed by atoms with Crippen molar-refractivity contribution in [1.82, 2.24) is 14.8 Å². The van der Waals surface area contributed by atoms with E-state index in [0.717, 1.165) is 41.4 Å². The summed E-state index contributed by atoms with van der Waals surface area (Å²) in [4.78, 5) is 9.12. The van der Waals surface area contributed by atoms with E-state index in [1.807, 2.05) is 47.3 Å². The van der Waals surface area contributed by atoms with Crippen LogP contribution in [0.25, 0.3) is 11.5 Å². The van der Waals surface area contributed by atoms with Crippen LogP contribution in [0.15, 0.2) is 59.2 Å². The molecule has 0 radical (unpaired) electrons. The third kappa shape index (κ3) is 2.52. The number of pyridine rings is 1. The van der Waals surface area contributed by atoms with Gasteiger partial charge in [0.1, 0.15) is 0 Å². The SMILES string of the molecule is Cc1nn(-c2ccccn2)c2c1C1=C(C=Nc3ccccc3N1)CC2.Cl. The maximum atomic E-state index is 4.78. The molecule has 0 saturated carbocycles. The van der Waals surface area contributed by atoms with Crippen LogP contribution in [0.2, 0.25) is 0 Å². The van der Waals surface area contributed by atoms with E-state index in [1.54, 1.807) is 6.20 Å². The smallest absolute Gasteiger partial charge is 0.153 e. The Morgan fingerprint density at radius 2 is 1.88 bits per heavy atom. The van der Waals surface area contributed by atoms with Crippen molar-refractivity contribution in [2.75, 3.05) is 5.32 Å². The second-order valence-corrected chi connectivity index (χ2v) is 6.31. The lowest BCUT2D eigenvalue weighted by Crippen LogP contribution is -2.13. The van der Waals surface area contributed by atoms with Crippen molar-refractivity contribution in [3.63, 3.8) is 0 Å². The predicted molar refractivity (Wildman–Crippen MR) is 107 cm³/mol. The molecule has 1 aliphatic carbocycles. The van der Waals surface area contributed by atoms with Gasteiger partial charge in [-0.1, -0.05) is 18.2 Å². The van der Waals surface area contributed by atoms with Crippen molar-refractivity contribution in [3.05, 3.63) is 71.2 Å². The molecule has 5 nitrogen and oxygen atoms in total. The molecular formula is C20H18ClN5. The lowest BCUT2D eigenvalue weighted by molar-refractivity contribution is 0.759. The molecule has 0 amide bonds. The van der Waals surface area contributed by atoms with Crippen molar-refractivity contribution in [1.29, 1.82) is 0 Å². The minimum atomic E-state index is 0. The summed E-state index contributed by atoms with van der Waals surface area (Å²) in [6.07, 6.45) is 5.66. The van der Waals surface area contributed by atoms with E-state index >= 15 is 0 Å².